The second-order valence-corrected chi connectivity index (χ2v) is 8.21. The van der Waals surface area contributed by atoms with Gasteiger partial charge in [0, 0.05) is 12.3 Å². The highest BCUT2D eigenvalue weighted by Gasteiger charge is 2.31. The molecule has 0 aliphatic carbocycles. The van der Waals surface area contributed by atoms with Crippen molar-refractivity contribution in [3.8, 4) is 11.5 Å². The maximum atomic E-state index is 13.5. The molecule has 172 valence electrons. The van der Waals surface area contributed by atoms with Crippen LogP contribution in [0.15, 0.2) is 56.3 Å². The molecule has 9 heteroatoms. The molecule has 0 unspecified atom stereocenters. The highest BCUT2D eigenvalue weighted by Crippen LogP contribution is 2.35. The van der Waals surface area contributed by atoms with Crippen molar-refractivity contribution in [2.75, 3.05) is 20.3 Å². The lowest BCUT2D eigenvalue weighted by Crippen LogP contribution is -2.39. The summed E-state index contributed by atoms with van der Waals surface area (Å²) in [4.78, 5) is 30.9. The van der Waals surface area contributed by atoms with Crippen molar-refractivity contribution >= 4 is 23.4 Å². The lowest BCUT2D eigenvalue weighted by atomic mass is 9.97. The third-order valence-corrected chi connectivity index (χ3v) is 6.04. The molecule has 1 aromatic carbocycles. The van der Waals surface area contributed by atoms with Crippen molar-refractivity contribution in [2.24, 2.45) is 4.99 Å². The number of fused-ring (bicyclic) bond motifs is 1. The van der Waals surface area contributed by atoms with Gasteiger partial charge in [0.2, 0.25) is 0 Å². The molecule has 3 aromatic rings. The van der Waals surface area contributed by atoms with Gasteiger partial charge in [-0.2, -0.15) is 0 Å². The summed E-state index contributed by atoms with van der Waals surface area (Å²) in [6, 6.07) is 8.27. The van der Waals surface area contributed by atoms with Crippen LogP contribution >= 0.6 is 11.3 Å². The summed E-state index contributed by atoms with van der Waals surface area (Å²) in [5.74, 6) is 1.88. The van der Waals surface area contributed by atoms with Crippen molar-refractivity contribution in [2.45, 2.75) is 26.8 Å². The third kappa shape index (κ3) is 4.36. The molecule has 1 atom stereocenters. The van der Waals surface area contributed by atoms with Gasteiger partial charge in [-0.15, -0.1) is 0 Å². The Labute approximate surface area is 194 Å². The average molecular weight is 469 g/mol. The molecule has 3 heterocycles. The zero-order chi connectivity index (χ0) is 23.5. The summed E-state index contributed by atoms with van der Waals surface area (Å²) in [5.41, 5.74) is 0.644. The van der Waals surface area contributed by atoms with Gasteiger partial charge in [0.15, 0.2) is 16.3 Å². The summed E-state index contributed by atoms with van der Waals surface area (Å²) in [6.07, 6.45) is 3.14. The van der Waals surface area contributed by atoms with E-state index in [-0.39, 0.29) is 11.1 Å². The third-order valence-electron chi connectivity index (χ3n) is 5.04. The van der Waals surface area contributed by atoms with E-state index in [9.17, 15) is 9.59 Å². The lowest BCUT2D eigenvalue weighted by molar-refractivity contribution is -0.136. The van der Waals surface area contributed by atoms with Crippen LogP contribution in [0, 0.1) is 6.92 Å². The van der Waals surface area contributed by atoms with Gasteiger partial charge in [-0.05, 0) is 50.6 Å². The number of hydrogen-bond donors (Lipinski definition) is 0. The van der Waals surface area contributed by atoms with Crippen LogP contribution in [-0.2, 0) is 9.53 Å². The molecule has 0 saturated carbocycles. The number of nitrogens with zero attached hydrogens (tertiary/aromatic N) is 2. The molecule has 0 fully saturated rings. The monoisotopic (exact) mass is 468 g/mol. The second kappa shape index (κ2) is 9.50. The molecule has 0 N–H and O–H groups in total. The fourth-order valence-corrected chi connectivity index (χ4v) is 4.60. The number of esters is 1. The van der Waals surface area contributed by atoms with E-state index in [0.717, 1.165) is 5.76 Å². The Morgan fingerprint density at radius 2 is 1.94 bits per heavy atom. The van der Waals surface area contributed by atoms with Gasteiger partial charge in [0.1, 0.15) is 11.5 Å². The molecule has 0 spiro atoms. The minimum atomic E-state index is -0.732. The normalized spacial score (nSPS) is 15.5. The van der Waals surface area contributed by atoms with Crippen LogP contribution in [0.5, 0.6) is 11.5 Å². The number of thiazole rings is 1. The maximum Gasteiger partial charge on any atom is 0.337 e. The number of methoxy groups -OCH3 is 1. The van der Waals surface area contributed by atoms with Crippen molar-refractivity contribution < 1.29 is 23.4 Å². The van der Waals surface area contributed by atoms with Crippen LogP contribution in [0.1, 0.15) is 37.0 Å². The van der Waals surface area contributed by atoms with Gasteiger partial charge in [-0.1, -0.05) is 17.4 Å². The molecular weight excluding hydrogens is 444 g/mol. The minimum Gasteiger partial charge on any atom is -0.490 e. The number of carbonyl (C=O) groups excluding carboxylic acids is 1. The minimum absolute atomic E-state index is 0.247. The van der Waals surface area contributed by atoms with E-state index in [0.29, 0.717) is 45.4 Å². The van der Waals surface area contributed by atoms with Crippen molar-refractivity contribution in [1.82, 2.24) is 4.57 Å². The SMILES string of the molecule is CCOc1ccc([C@@H]2C(C(=O)OC)=CN=c3s/c(=C\c4ccc(C)o4)c(=O)n32)cc1OCC. The summed E-state index contributed by atoms with van der Waals surface area (Å²) >= 11 is 1.23. The molecule has 1 aliphatic rings. The van der Waals surface area contributed by atoms with Gasteiger partial charge in [-0.3, -0.25) is 9.36 Å². The van der Waals surface area contributed by atoms with Gasteiger partial charge < -0.3 is 18.6 Å². The Bertz CT molecular complexity index is 1390. The predicted molar refractivity (Wildman–Crippen MR) is 123 cm³/mol. The van der Waals surface area contributed by atoms with Gasteiger partial charge in [-0.25, -0.2) is 9.79 Å². The van der Waals surface area contributed by atoms with Crippen LogP contribution in [0.25, 0.3) is 6.08 Å². The van der Waals surface area contributed by atoms with Crippen molar-refractivity contribution in [3.05, 3.63) is 78.9 Å². The lowest BCUT2D eigenvalue weighted by Gasteiger charge is -2.23. The number of furan rings is 1. The highest BCUT2D eigenvalue weighted by atomic mass is 32.1. The number of aromatic nitrogens is 1. The van der Waals surface area contributed by atoms with Crippen LogP contribution < -0.4 is 24.4 Å². The first-order chi connectivity index (χ1) is 16.0. The van der Waals surface area contributed by atoms with E-state index >= 15 is 0 Å². The quantitative estimate of drug-likeness (QED) is 0.495. The van der Waals surface area contributed by atoms with Gasteiger partial charge in [0.25, 0.3) is 5.56 Å². The fraction of sp³-hybridized carbons (Fsp3) is 0.292. The molecule has 33 heavy (non-hydrogen) atoms. The topological polar surface area (TPSA) is 92.3 Å². The summed E-state index contributed by atoms with van der Waals surface area (Å²) in [6.45, 7) is 6.52. The van der Waals surface area contributed by atoms with Crippen LogP contribution in [0.3, 0.4) is 0 Å². The Balaban J connectivity index is 1.90. The fourth-order valence-electron chi connectivity index (χ4n) is 3.65. The predicted octanol–water partition coefficient (Wildman–Crippen LogP) is 2.72. The van der Waals surface area contributed by atoms with Gasteiger partial charge >= 0.3 is 5.97 Å². The zero-order valence-corrected chi connectivity index (χ0v) is 19.6. The van der Waals surface area contributed by atoms with Crippen molar-refractivity contribution in [1.29, 1.82) is 0 Å². The van der Waals surface area contributed by atoms with Crippen molar-refractivity contribution in [3.63, 3.8) is 0 Å². The van der Waals surface area contributed by atoms with E-state index in [4.69, 9.17) is 18.6 Å². The largest absolute Gasteiger partial charge is 0.490 e. The molecule has 8 nitrogen and oxygen atoms in total. The van der Waals surface area contributed by atoms with Gasteiger partial charge in [0.05, 0.1) is 36.5 Å². The van der Waals surface area contributed by atoms with Crippen LogP contribution in [0.4, 0.5) is 0 Å². The number of ether oxygens (including phenoxy) is 3. The highest BCUT2D eigenvalue weighted by molar-refractivity contribution is 7.07. The summed E-state index contributed by atoms with van der Waals surface area (Å²) < 4.78 is 24.0. The molecule has 0 amide bonds. The Morgan fingerprint density at radius 1 is 1.18 bits per heavy atom. The first-order valence-electron chi connectivity index (χ1n) is 10.5. The molecule has 4 rings (SSSR count). The Kier molecular flexibility index (Phi) is 6.50. The smallest absolute Gasteiger partial charge is 0.337 e. The van der Waals surface area contributed by atoms with E-state index < -0.39 is 12.0 Å². The standard InChI is InChI=1S/C24H24N2O6S/c1-5-30-18-10-8-15(11-19(18)31-6-2)21-17(23(28)29-4)13-25-24-26(21)22(27)20(33-24)12-16-9-7-14(3)32-16/h7-13,21H,5-6H2,1-4H3/b20-12-/t21-/m1/s1. The number of aryl methyl sites for hydroxylation is 1. The zero-order valence-electron chi connectivity index (χ0n) is 18.8. The van der Waals surface area contributed by atoms with Crippen LogP contribution in [-0.4, -0.2) is 30.9 Å². The average Bonchev–Trinajstić information content (AvgIpc) is 3.36. The molecule has 0 bridgehead atoms. The first-order valence-corrected chi connectivity index (χ1v) is 11.3. The van der Waals surface area contributed by atoms with E-state index in [1.54, 1.807) is 24.3 Å². The van der Waals surface area contributed by atoms with E-state index in [2.05, 4.69) is 4.99 Å². The molecule has 1 aliphatic heterocycles. The number of carbonyl (C=O) groups is 1. The second-order valence-electron chi connectivity index (χ2n) is 7.20. The molecule has 0 saturated heterocycles. The maximum absolute atomic E-state index is 13.5. The summed E-state index contributed by atoms with van der Waals surface area (Å²) in [5, 5.41) is 0. The Hall–Kier alpha value is -3.59. The molecule has 0 radical (unpaired) electrons. The Morgan fingerprint density at radius 3 is 2.61 bits per heavy atom. The summed E-state index contributed by atoms with van der Waals surface area (Å²) in [7, 11) is 1.30. The number of hydrogen-bond acceptors (Lipinski definition) is 8. The first kappa shape index (κ1) is 22.6. The number of rotatable bonds is 7. The van der Waals surface area contributed by atoms with E-state index in [1.165, 1.54) is 29.2 Å². The molecule has 2 aromatic heterocycles. The van der Waals surface area contributed by atoms with Crippen LogP contribution in [0.2, 0.25) is 0 Å². The number of benzene rings is 1. The van der Waals surface area contributed by atoms with E-state index in [1.807, 2.05) is 32.9 Å². The molecular formula is C24H24N2O6S.